The number of carboxylic acids is 1. The number of phenols is 1. The fourth-order valence-electron chi connectivity index (χ4n) is 2.64. The number of benzene rings is 2. The molecule has 0 spiro atoms. The summed E-state index contributed by atoms with van der Waals surface area (Å²) in [5, 5.41) is 21.4. The predicted molar refractivity (Wildman–Crippen MR) is 89.5 cm³/mol. The Balaban J connectivity index is 2.09. The summed E-state index contributed by atoms with van der Waals surface area (Å²) < 4.78 is 0. The molecule has 0 bridgehead atoms. The number of benzodiazepines with no additional fused rings is 1. The normalized spacial score (nSPS) is 16.6. The zero-order valence-electron chi connectivity index (χ0n) is 12.8. The van der Waals surface area contributed by atoms with Gasteiger partial charge < -0.3 is 15.5 Å². The van der Waals surface area contributed by atoms with Gasteiger partial charge in [-0.3, -0.25) is 14.6 Å². The molecular weight excluding hydrogens is 308 g/mol. The monoisotopic (exact) mass is 324 g/mol. The van der Waals surface area contributed by atoms with Crippen LogP contribution in [0.4, 0.5) is 5.69 Å². The highest BCUT2D eigenvalue weighted by molar-refractivity contribution is 6.19. The minimum absolute atomic E-state index is 0.0956. The van der Waals surface area contributed by atoms with Gasteiger partial charge >= 0.3 is 5.97 Å². The average molecular weight is 324 g/mol. The fourth-order valence-corrected chi connectivity index (χ4v) is 2.64. The lowest BCUT2D eigenvalue weighted by Crippen LogP contribution is -2.26. The summed E-state index contributed by atoms with van der Waals surface area (Å²) in [6.07, 6.45) is -0.0390. The Morgan fingerprint density at radius 3 is 2.71 bits per heavy atom. The van der Waals surface area contributed by atoms with E-state index in [0.29, 0.717) is 17.0 Å². The van der Waals surface area contributed by atoms with Crippen LogP contribution in [0.15, 0.2) is 53.5 Å². The molecule has 1 heterocycles. The number of fused-ring (bicyclic) bond motifs is 1. The van der Waals surface area contributed by atoms with Gasteiger partial charge in [0, 0.05) is 17.5 Å². The van der Waals surface area contributed by atoms with Crippen molar-refractivity contribution in [1.29, 1.82) is 0 Å². The molecule has 24 heavy (non-hydrogen) atoms. The lowest BCUT2D eigenvalue weighted by molar-refractivity contribution is -0.137. The first kappa shape index (κ1) is 15.7. The molecule has 1 atom stereocenters. The zero-order valence-corrected chi connectivity index (χ0v) is 12.8. The Hall–Kier alpha value is -3.15. The number of aromatic hydroxyl groups is 1. The minimum Gasteiger partial charge on any atom is -0.508 e. The van der Waals surface area contributed by atoms with E-state index in [1.807, 2.05) is 12.1 Å². The summed E-state index contributed by atoms with van der Waals surface area (Å²) >= 11 is 0. The number of para-hydroxylation sites is 1. The molecule has 1 aliphatic rings. The molecule has 1 amide bonds. The van der Waals surface area contributed by atoms with E-state index in [0.717, 1.165) is 5.56 Å². The Morgan fingerprint density at radius 2 is 1.96 bits per heavy atom. The molecule has 122 valence electrons. The van der Waals surface area contributed by atoms with Crippen molar-refractivity contribution in [2.75, 3.05) is 5.32 Å². The molecular formula is C18H16N2O4. The Bertz CT molecular complexity index is 829. The predicted octanol–water partition coefficient (Wildman–Crippen LogP) is 2.42. The number of nitrogens with zero attached hydrogens (tertiary/aromatic N) is 1. The second-order valence-corrected chi connectivity index (χ2v) is 5.51. The molecule has 1 aliphatic heterocycles. The van der Waals surface area contributed by atoms with Gasteiger partial charge in [0.15, 0.2) is 0 Å². The second kappa shape index (κ2) is 6.54. The fraction of sp³-hybridized carbons (Fsp3) is 0.167. The van der Waals surface area contributed by atoms with E-state index in [9.17, 15) is 14.7 Å². The summed E-state index contributed by atoms with van der Waals surface area (Å²) in [5.74, 6) is -1.21. The third-order valence-electron chi connectivity index (χ3n) is 3.78. The second-order valence-electron chi connectivity index (χ2n) is 5.51. The lowest BCUT2D eigenvalue weighted by Gasteiger charge is -2.10. The van der Waals surface area contributed by atoms with Crippen molar-refractivity contribution >= 4 is 23.3 Å². The van der Waals surface area contributed by atoms with Crippen LogP contribution >= 0.6 is 0 Å². The van der Waals surface area contributed by atoms with Gasteiger partial charge in [0.05, 0.1) is 11.4 Å². The number of phenolic OH excluding ortho intramolecular Hbond substituents is 1. The number of aliphatic imine (C=N–C) groups is 1. The maximum Gasteiger partial charge on any atom is 0.303 e. The molecule has 2 aromatic carbocycles. The van der Waals surface area contributed by atoms with E-state index >= 15 is 0 Å². The first-order valence-corrected chi connectivity index (χ1v) is 7.54. The van der Waals surface area contributed by atoms with Gasteiger partial charge in [-0.15, -0.1) is 0 Å². The number of hydrogen-bond donors (Lipinski definition) is 3. The summed E-state index contributed by atoms with van der Waals surface area (Å²) in [6.45, 7) is 0. The summed E-state index contributed by atoms with van der Waals surface area (Å²) in [5.41, 5.74) is 2.56. The van der Waals surface area contributed by atoms with E-state index in [1.165, 1.54) is 0 Å². The number of carbonyl (C=O) groups is 2. The molecule has 0 fully saturated rings. The molecule has 6 heteroatoms. The molecule has 1 unspecified atom stereocenters. The van der Waals surface area contributed by atoms with Crippen LogP contribution in [0.2, 0.25) is 0 Å². The number of rotatable bonds is 4. The van der Waals surface area contributed by atoms with E-state index in [4.69, 9.17) is 5.11 Å². The third kappa shape index (κ3) is 3.27. The topological polar surface area (TPSA) is 99.0 Å². The molecule has 3 N–H and O–H groups in total. The maximum absolute atomic E-state index is 12.4. The number of anilines is 1. The smallest absolute Gasteiger partial charge is 0.303 e. The van der Waals surface area contributed by atoms with Gasteiger partial charge in [-0.25, -0.2) is 0 Å². The molecule has 6 nitrogen and oxygen atoms in total. The van der Waals surface area contributed by atoms with Crippen molar-refractivity contribution in [2.24, 2.45) is 4.99 Å². The molecule has 0 aliphatic carbocycles. The molecule has 0 saturated heterocycles. The SMILES string of the molecule is O=C(O)CCC1N=C(c2cccc(O)c2)c2ccccc2NC1=O. The molecule has 0 aromatic heterocycles. The van der Waals surface area contributed by atoms with Gasteiger partial charge in [-0.05, 0) is 24.6 Å². The first-order chi connectivity index (χ1) is 11.5. The Morgan fingerprint density at radius 1 is 1.17 bits per heavy atom. The standard InChI is InChI=1S/C18H16N2O4/c21-12-5-3-4-11(10-12)17-13-6-1-2-7-14(13)20-18(24)15(19-17)8-9-16(22)23/h1-7,10,15,21H,8-9H2,(H,20,24)(H,22,23). The van der Waals surface area contributed by atoms with Crippen LogP contribution in [-0.2, 0) is 9.59 Å². The third-order valence-corrected chi connectivity index (χ3v) is 3.78. The van der Waals surface area contributed by atoms with Gasteiger partial charge in [-0.1, -0.05) is 30.3 Å². The average Bonchev–Trinajstić information content (AvgIpc) is 2.69. The summed E-state index contributed by atoms with van der Waals surface area (Å²) in [7, 11) is 0. The van der Waals surface area contributed by atoms with Crippen molar-refractivity contribution < 1.29 is 19.8 Å². The van der Waals surface area contributed by atoms with Crippen LogP contribution in [0.5, 0.6) is 5.75 Å². The van der Waals surface area contributed by atoms with E-state index in [2.05, 4.69) is 10.3 Å². The van der Waals surface area contributed by atoms with Crippen LogP contribution in [0.25, 0.3) is 0 Å². The Kier molecular flexibility index (Phi) is 4.29. The van der Waals surface area contributed by atoms with E-state index in [1.54, 1.807) is 36.4 Å². The number of amides is 1. The Labute approximate surface area is 138 Å². The highest BCUT2D eigenvalue weighted by Gasteiger charge is 2.26. The van der Waals surface area contributed by atoms with E-state index in [-0.39, 0.29) is 24.5 Å². The largest absolute Gasteiger partial charge is 0.508 e. The van der Waals surface area contributed by atoms with Crippen molar-refractivity contribution in [3.8, 4) is 5.75 Å². The van der Waals surface area contributed by atoms with Gasteiger partial charge in [0.2, 0.25) is 5.91 Å². The van der Waals surface area contributed by atoms with Crippen molar-refractivity contribution in [3.63, 3.8) is 0 Å². The number of hydrogen-bond acceptors (Lipinski definition) is 4. The number of aliphatic carboxylic acids is 1. The first-order valence-electron chi connectivity index (χ1n) is 7.54. The maximum atomic E-state index is 12.4. The van der Waals surface area contributed by atoms with Crippen molar-refractivity contribution in [2.45, 2.75) is 18.9 Å². The molecule has 0 radical (unpaired) electrons. The van der Waals surface area contributed by atoms with Crippen LogP contribution < -0.4 is 5.32 Å². The number of carboxylic acid groups (broad SMARTS) is 1. The van der Waals surface area contributed by atoms with Gasteiger partial charge in [0.1, 0.15) is 11.8 Å². The van der Waals surface area contributed by atoms with Crippen LogP contribution in [0.3, 0.4) is 0 Å². The molecule has 0 saturated carbocycles. The highest BCUT2D eigenvalue weighted by Crippen LogP contribution is 2.26. The van der Waals surface area contributed by atoms with Crippen LogP contribution in [0, 0.1) is 0 Å². The zero-order chi connectivity index (χ0) is 17.1. The molecule has 2 aromatic rings. The molecule has 3 rings (SSSR count). The van der Waals surface area contributed by atoms with Crippen molar-refractivity contribution in [3.05, 3.63) is 59.7 Å². The lowest BCUT2D eigenvalue weighted by atomic mass is 10.0. The minimum atomic E-state index is -0.973. The quantitative estimate of drug-likeness (QED) is 0.804. The van der Waals surface area contributed by atoms with Gasteiger partial charge in [-0.2, -0.15) is 0 Å². The van der Waals surface area contributed by atoms with Crippen LogP contribution in [-0.4, -0.2) is 33.8 Å². The van der Waals surface area contributed by atoms with E-state index < -0.39 is 12.0 Å². The number of carbonyl (C=O) groups excluding carboxylic acids is 1. The van der Waals surface area contributed by atoms with Crippen LogP contribution in [0.1, 0.15) is 24.0 Å². The highest BCUT2D eigenvalue weighted by atomic mass is 16.4. The van der Waals surface area contributed by atoms with Crippen molar-refractivity contribution in [1.82, 2.24) is 0 Å². The summed E-state index contributed by atoms with van der Waals surface area (Å²) in [6, 6.07) is 13.0. The van der Waals surface area contributed by atoms with Gasteiger partial charge in [0.25, 0.3) is 0 Å². The number of nitrogens with one attached hydrogen (secondary N) is 1. The summed E-state index contributed by atoms with van der Waals surface area (Å²) in [4.78, 5) is 27.7.